The second-order valence-electron chi connectivity index (χ2n) is 20.0. The van der Waals surface area contributed by atoms with E-state index >= 15 is 0 Å². The number of unbranched alkanes of at least 4 members (excludes halogenated alkanes) is 2. The lowest BCUT2D eigenvalue weighted by molar-refractivity contribution is -0.438. The summed E-state index contributed by atoms with van der Waals surface area (Å²) in [6.45, 7) is 17.2. The van der Waals surface area contributed by atoms with Crippen LogP contribution < -0.4 is 9.64 Å². The Labute approximate surface area is 453 Å². The van der Waals surface area contributed by atoms with Crippen molar-refractivity contribution in [3.8, 4) is 5.75 Å². The van der Waals surface area contributed by atoms with Crippen LogP contribution in [0.5, 0.6) is 5.75 Å². The van der Waals surface area contributed by atoms with E-state index in [1.807, 2.05) is 68.5 Å². The number of anilines is 1. The second-order valence-corrected chi connectivity index (χ2v) is 21.4. The number of nitrogens with zero attached hydrogens (tertiary/aromatic N) is 3. The summed E-state index contributed by atoms with van der Waals surface area (Å²) >= 11 is 0. The molecule has 0 radical (unpaired) electrons. The number of ether oxygens (including phenoxy) is 7. The van der Waals surface area contributed by atoms with Gasteiger partial charge < -0.3 is 47.4 Å². The molecule has 77 heavy (non-hydrogen) atoms. The molecular formula is C59H73N3O14S. The third-order valence-corrected chi connectivity index (χ3v) is 14.5. The first-order chi connectivity index (χ1) is 37.0. The molecule has 3 aromatic rings. The van der Waals surface area contributed by atoms with Crippen LogP contribution in [0, 0.1) is 0 Å². The van der Waals surface area contributed by atoms with Crippen molar-refractivity contribution in [2.24, 2.45) is 0 Å². The minimum absolute atomic E-state index is 0.0267. The first-order valence-electron chi connectivity index (χ1n) is 26.3. The molecule has 7 rings (SSSR count). The molecular weight excluding hydrogens is 1010 g/mol. The van der Waals surface area contributed by atoms with E-state index in [2.05, 4.69) is 60.6 Å². The molecule has 4 aliphatic heterocycles. The molecule has 0 spiro atoms. The van der Waals surface area contributed by atoms with Crippen molar-refractivity contribution in [2.45, 2.75) is 89.0 Å². The minimum atomic E-state index is -4.71. The van der Waals surface area contributed by atoms with Crippen molar-refractivity contribution in [3.05, 3.63) is 125 Å². The van der Waals surface area contributed by atoms with Crippen LogP contribution in [0.15, 0.2) is 108 Å². The molecule has 2 amide bonds. The largest absolute Gasteiger partial charge is 0.744 e. The standard InChI is InChI=1S/C59H73N3O14S/c1-43-42-58(2,3)61(26-27-70-30-31-72-34-35-74-37-36-73-33-32-71-29-28-69-6)51-41-53-48(40-47(43)51)45(38-52(75-53)44-16-10-7-11-17-44)18-12-8-13-19-54-59(4,5)49-39-46(77(66,67)68)21-22-50(49)60(54)25-15-9-14-20-57(65)76-62-55(63)23-24-56(62)64/h7-8,10-13,16-19,21-22,38-42H,9,14-15,20,23-37H2,1-6H3. The number of amides is 2. The molecule has 0 N–H and O–H groups in total. The van der Waals surface area contributed by atoms with E-state index in [0.29, 0.717) is 121 Å². The van der Waals surface area contributed by atoms with Gasteiger partial charge in [-0.3, -0.25) is 9.59 Å². The molecule has 1 fully saturated rings. The number of fused-ring (bicyclic) bond motifs is 3. The molecule has 3 aromatic carbocycles. The van der Waals surface area contributed by atoms with Crippen LogP contribution in [0.2, 0.25) is 0 Å². The van der Waals surface area contributed by atoms with Gasteiger partial charge in [-0.2, -0.15) is 4.58 Å². The van der Waals surface area contributed by atoms with Crippen LogP contribution >= 0.6 is 0 Å². The fourth-order valence-electron chi connectivity index (χ4n) is 9.79. The highest BCUT2D eigenvalue weighted by Crippen LogP contribution is 2.47. The number of carbonyl (C=O) groups is 3. The summed E-state index contributed by atoms with van der Waals surface area (Å²) < 4.78 is 78.6. The Bertz CT molecular complexity index is 2870. The Balaban J connectivity index is 1.02. The lowest BCUT2D eigenvalue weighted by Crippen LogP contribution is -2.46. The Morgan fingerprint density at radius 3 is 2.04 bits per heavy atom. The number of hydrogen-bond acceptors (Lipinski definition) is 15. The second kappa shape index (κ2) is 27.5. The predicted octanol–water partition coefficient (Wildman–Crippen LogP) is 8.50. The number of imide groups is 1. The van der Waals surface area contributed by atoms with Crippen molar-refractivity contribution in [3.63, 3.8) is 0 Å². The van der Waals surface area contributed by atoms with E-state index in [0.717, 1.165) is 50.7 Å². The molecule has 0 saturated carbocycles. The zero-order chi connectivity index (χ0) is 55.0. The van der Waals surface area contributed by atoms with Gasteiger partial charge in [0, 0.05) is 85.5 Å². The van der Waals surface area contributed by atoms with E-state index in [9.17, 15) is 27.4 Å². The summed E-state index contributed by atoms with van der Waals surface area (Å²) in [6, 6.07) is 18.8. The van der Waals surface area contributed by atoms with Gasteiger partial charge in [-0.05, 0) is 82.9 Å². The Hall–Kier alpha value is -6.09. The number of rotatable bonds is 30. The lowest BCUT2D eigenvalue weighted by Gasteiger charge is -2.44. The Morgan fingerprint density at radius 2 is 1.40 bits per heavy atom. The highest BCUT2D eigenvalue weighted by molar-refractivity contribution is 7.85. The van der Waals surface area contributed by atoms with Crippen molar-refractivity contribution in [1.82, 2.24) is 5.06 Å². The third kappa shape index (κ3) is 15.6. The highest BCUT2D eigenvalue weighted by atomic mass is 32.2. The number of carbonyl (C=O) groups excluding carboxylic acids is 3. The molecule has 18 heteroatoms. The van der Waals surface area contributed by atoms with Gasteiger partial charge in [0.1, 0.15) is 28.2 Å². The Kier molecular flexibility index (Phi) is 20.9. The molecule has 1 saturated heterocycles. The molecule has 0 bridgehead atoms. The van der Waals surface area contributed by atoms with Gasteiger partial charge in [0.25, 0.3) is 11.8 Å². The lowest BCUT2D eigenvalue weighted by atomic mass is 9.81. The zero-order valence-corrected chi connectivity index (χ0v) is 46.0. The number of benzene rings is 3. The molecule has 0 aromatic heterocycles. The monoisotopic (exact) mass is 1080 g/mol. The average Bonchev–Trinajstić information content (AvgIpc) is 4.02. The van der Waals surface area contributed by atoms with E-state index in [1.165, 1.54) is 12.1 Å². The van der Waals surface area contributed by atoms with Gasteiger partial charge in [-0.1, -0.05) is 60.7 Å². The van der Waals surface area contributed by atoms with E-state index < -0.39 is 33.3 Å². The number of hydrogen-bond donors (Lipinski definition) is 0. The van der Waals surface area contributed by atoms with Crippen molar-refractivity contribution in [2.75, 3.05) is 97.8 Å². The molecule has 414 valence electrons. The minimum Gasteiger partial charge on any atom is -0.744 e. The van der Waals surface area contributed by atoms with Crippen LogP contribution in [-0.4, -0.2) is 145 Å². The van der Waals surface area contributed by atoms with Gasteiger partial charge in [-0.25, -0.2) is 13.2 Å². The topological polar surface area (TPSA) is 192 Å². The quantitative estimate of drug-likeness (QED) is 0.0203. The first kappa shape index (κ1) is 58.6. The summed E-state index contributed by atoms with van der Waals surface area (Å²) in [5.74, 6) is -0.242. The van der Waals surface area contributed by atoms with Gasteiger partial charge in [0.05, 0.1) is 88.5 Å². The normalized spacial score (nSPS) is 17.3. The van der Waals surface area contributed by atoms with Crippen LogP contribution in [0.25, 0.3) is 16.9 Å². The molecule has 0 aliphatic carbocycles. The predicted molar refractivity (Wildman–Crippen MR) is 292 cm³/mol. The summed E-state index contributed by atoms with van der Waals surface area (Å²) in [6.07, 6.45) is 16.1. The molecule has 0 atom stereocenters. The van der Waals surface area contributed by atoms with Crippen LogP contribution in [0.1, 0.15) is 95.4 Å². The fraction of sp³-hybridized carbons (Fsp3) is 0.458. The van der Waals surface area contributed by atoms with Crippen molar-refractivity contribution >= 4 is 61.9 Å². The van der Waals surface area contributed by atoms with E-state index in [4.69, 9.17) is 38.0 Å². The third-order valence-electron chi connectivity index (χ3n) is 13.7. The number of allylic oxidation sites excluding steroid dienone is 8. The summed E-state index contributed by atoms with van der Waals surface area (Å²) in [7, 11) is -3.07. The van der Waals surface area contributed by atoms with E-state index in [1.54, 1.807) is 13.2 Å². The van der Waals surface area contributed by atoms with Crippen LogP contribution in [0.3, 0.4) is 0 Å². The van der Waals surface area contributed by atoms with Crippen LogP contribution in [-0.2, 0) is 63.2 Å². The van der Waals surface area contributed by atoms with Gasteiger partial charge in [0.2, 0.25) is 5.69 Å². The van der Waals surface area contributed by atoms with Crippen molar-refractivity contribution in [1.29, 1.82) is 0 Å². The van der Waals surface area contributed by atoms with E-state index in [-0.39, 0.29) is 29.7 Å². The maximum absolute atomic E-state index is 12.5. The fourth-order valence-corrected chi connectivity index (χ4v) is 10.3. The molecule has 0 unspecified atom stereocenters. The van der Waals surface area contributed by atoms with Crippen LogP contribution in [0.4, 0.5) is 11.4 Å². The summed E-state index contributed by atoms with van der Waals surface area (Å²) in [5, 5.41) is 0.559. The van der Waals surface area contributed by atoms with Gasteiger partial charge >= 0.3 is 5.97 Å². The van der Waals surface area contributed by atoms with Gasteiger partial charge in [-0.15, -0.1) is 5.06 Å². The number of hydroxylamine groups is 2. The maximum atomic E-state index is 12.5. The molecule has 4 heterocycles. The number of methoxy groups -OCH3 is 1. The Morgan fingerprint density at radius 1 is 0.766 bits per heavy atom. The summed E-state index contributed by atoms with van der Waals surface area (Å²) in [5.41, 5.74) is 7.57. The highest BCUT2D eigenvalue weighted by Gasteiger charge is 2.44. The molecule has 4 aliphatic rings. The molecule has 17 nitrogen and oxygen atoms in total. The SMILES string of the molecule is COCCOCCOCCOCCOCCOCCN1c2cc3c(cc2C(C)=CC1(C)C)/C(=C/C=C/C=C/C1=[N+](CCCCCC(=O)ON2C(=O)CCC2=O)c2ccc(S(=O)(=O)[O-])cc2C1(C)C)C=C(c1ccccc1)O3. The smallest absolute Gasteiger partial charge is 0.333 e. The zero-order valence-electron chi connectivity index (χ0n) is 45.2. The maximum Gasteiger partial charge on any atom is 0.333 e. The van der Waals surface area contributed by atoms with Gasteiger partial charge in [0.15, 0.2) is 5.71 Å². The van der Waals surface area contributed by atoms with Crippen molar-refractivity contribution < 1.29 is 69.9 Å². The average molecular weight is 1080 g/mol. The first-order valence-corrected chi connectivity index (χ1v) is 27.8. The summed E-state index contributed by atoms with van der Waals surface area (Å²) in [4.78, 5) is 43.4.